The van der Waals surface area contributed by atoms with Gasteiger partial charge < -0.3 is 30.1 Å². The van der Waals surface area contributed by atoms with Crippen molar-refractivity contribution >= 4 is 28.4 Å². The summed E-state index contributed by atoms with van der Waals surface area (Å²) in [7, 11) is 2.69. The minimum Gasteiger partial charge on any atom is -0.504 e. The maximum atomic E-state index is 13.2. The van der Waals surface area contributed by atoms with Gasteiger partial charge in [0.25, 0.3) is 11.6 Å². The maximum Gasteiger partial charge on any atom is 0.279 e. The number of aromatic amines is 1. The summed E-state index contributed by atoms with van der Waals surface area (Å²) in [5.74, 6) is -2.05. The number of amides is 2. The first-order valence-corrected chi connectivity index (χ1v) is 10.1. The second-order valence-electron chi connectivity index (χ2n) is 8.12. The summed E-state index contributed by atoms with van der Waals surface area (Å²) in [6.07, 6.45) is 1.27. The van der Waals surface area contributed by atoms with Gasteiger partial charge >= 0.3 is 0 Å². The number of hydrogen-bond donors (Lipinski definition) is 4. The normalized spacial score (nSPS) is 21.1. The third-order valence-electron chi connectivity index (χ3n) is 6.17. The van der Waals surface area contributed by atoms with Gasteiger partial charge in [0, 0.05) is 39.2 Å². The van der Waals surface area contributed by atoms with Crippen LogP contribution in [0.5, 0.6) is 11.5 Å². The molecule has 1 fully saturated rings. The highest BCUT2D eigenvalue weighted by Crippen LogP contribution is 2.34. The molecule has 2 aromatic carbocycles. The number of rotatable bonds is 5. The molecule has 1 aliphatic rings. The number of aromatic hydroxyl groups is 2. The average molecular weight is 454 g/mol. The summed E-state index contributed by atoms with van der Waals surface area (Å²) in [6, 6.07) is 7.47. The number of nitrogens with zero attached hydrogens (tertiary/aromatic N) is 3. The summed E-state index contributed by atoms with van der Waals surface area (Å²) < 4.78 is 0. The monoisotopic (exact) mass is 454 g/mol. The Hall–Kier alpha value is -4.12. The number of aliphatic hydroxyl groups is 1. The fourth-order valence-corrected chi connectivity index (χ4v) is 4.28. The first-order chi connectivity index (χ1) is 15.5. The smallest absolute Gasteiger partial charge is 0.279 e. The van der Waals surface area contributed by atoms with E-state index in [2.05, 4.69) is 4.98 Å². The van der Waals surface area contributed by atoms with Gasteiger partial charge in [0.15, 0.2) is 11.5 Å². The zero-order valence-electron chi connectivity index (χ0n) is 17.8. The van der Waals surface area contributed by atoms with E-state index in [1.54, 1.807) is 18.3 Å². The minimum absolute atomic E-state index is 0.00629. The molecule has 11 nitrogen and oxygen atoms in total. The molecule has 2 amide bonds. The number of benzene rings is 2. The van der Waals surface area contributed by atoms with Crippen LogP contribution in [-0.2, 0) is 22.4 Å². The molecule has 1 saturated heterocycles. The van der Waals surface area contributed by atoms with Gasteiger partial charge in [0.1, 0.15) is 6.04 Å². The van der Waals surface area contributed by atoms with Crippen molar-refractivity contribution in [2.75, 3.05) is 14.1 Å². The van der Waals surface area contributed by atoms with Crippen LogP contribution in [-0.4, -0.2) is 72.7 Å². The Morgan fingerprint density at radius 2 is 1.88 bits per heavy atom. The summed E-state index contributed by atoms with van der Waals surface area (Å²) in [6.45, 7) is 0. The molecule has 33 heavy (non-hydrogen) atoms. The van der Waals surface area contributed by atoms with Crippen LogP contribution in [0.15, 0.2) is 42.6 Å². The number of fused-ring (bicyclic) bond motifs is 1. The number of piperazine rings is 1. The van der Waals surface area contributed by atoms with Crippen LogP contribution in [0, 0.1) is 10.1 Å². The number of nitro benzene ring substituents is 1. The number of likely N-dealkylation sites (N-methyl/N-ethyl adjacent to an activating group) is 2. The lowest BCUT2D eigenvalue weighted by atomic mass is 9.92. The summed E-state index contributed by atoms with van der Waals surface area (Å²) >= 11 is 0. The molecule has 2 heterocycles. The Bertz CT molecular complexity index is 1290. The highest BCUT2D eigenvalue weighted by Gasteiger charge is 2.53. The number of hydrogen-bond acceptors (Lipinski definition) is 7. The van der Waals surface area contributed by atoms with Gasteiger partial charge in [-0.1, -0.05) is 12.1 Å². The van der Waals surface area contributed by atoms with Crippen molar-refractivity contribution in [2.24, 2.45) is 0 Å². The molecule has 0 radical (unpaired) electrons. The van der Waals surface area contributed by atoms with Gasteiger partial charge in [-0.05, 0) is 29.3 Å². The van der Waals surface area contributed by atoms with Crippen LogP contribution < -0.4 is 0 Å². The zero-order valence-corrected chi connectivity index (χ0v) is 17.8. The number of phenols is 2. The van der Waals surface area contributed by atoms with Crippen molar-refractivity contribution in [3.05, 3.63) is 63.8 Å². The van der Waals surface area contributed by atoms with E-state index in [1.165, 1.54) is 38.4 Å². The Labute approximate surface area is 187 Å². The Morgan fingerprint density at radius 3 is 2.55 bits per heavy atom. The molecule has 0 aliphatic carbocycles. The van der Waals surface area contributed by atoms with Crippen molar-refractivity contribution in [1.29, 1.82) is 0 Å². The quantitative estimate of drug-likeness (QED) is 0.256. The zero-order chi connectivity index (χ0) is 24.1. The van der Waals surface area contributed by atoms with Crippen LogP contribution >= 0.6 is 0 Å². The van der Waals surface area contributed by atoms with Gasteiger partial charge in [-0.15, -0.1) is 0 Å². The SMILES string of the molecule is CN1C(=O)C(O)(Cc2ccc(O)c(O)c2)N(C)C(=O)C1Cc1c[nH]c2cccc([N+](=O)[O-])c12. The highest BCUT2D eigenvalue weighted by atomic mass is 16.6. The predicted octanol–water partition coefficient (Wildman–Crippen LogP) is 1.26. The molecule has 4 rings (SSSR count). The number of phenolic OH excluding ortho intramolecular Hbond substituents is 2. The van der Waals surface area contributed by atoms with E-state index in [4.69, 9.17) is 0 Å². The molecular weight excluding hydrogens is 432 g/mol. The molecule has 0 spiro atoms. The van der Waals surface area contributed by atoms with Crippen molar-refractivity contribution in [1.82, 2.24) is 14.8 Å². The molecule has 2 atom stereocenters. The Kier molecular flexibility index (Phi) is 5.21. The Morgan fingerprint density at radius 1 is 1.15 bits per heavy atom. The largest absolute Gasteiger partial charge is 0.504 e. The van der Waals surface area contributed by atoms with E-state index in [0.29, 0.717) is 22.0 Å². The molecule has 1 aliphatic heterocycles. The van der Waals surface area contributed by atoms with E-state index in [0.717, 1.165) is 9.80 Å². The molecule has 4 N–H and O–H groups in total. The first-order valence-electron chi connectivity index (χ1n) is 10.1. The molecule has 0 saturated carbocycles. The summed E-state index contributed by atoms with van der Waals surface area (Å²) in [5.41, 5.74) is -0.957. The number of nitrogens with one attached hydrogen (secondary N) is 1. The van der Waals surface area contributed by atoms with Crippen LogP contribution in [0.4, 0.5) is 5.69 Å². The van der Waals surface area contributed by atoms with Gasteiger partial charge in [0.2, 0.25) is 11.6 Å². The van der Waals surface area contributed by atoms with E-state index in [1.807, 2.05) is 0 Å². The number of carbonyl (C=O) groups is 2. The molecule has 172 valence electrons. The fraction of sp³-hybridized carbons (Fsp3) is 0.273. The van der Waals surface area contributed by atoms with Crippen molar-refractivity contribution < 1.29 is 29.8 Å². The third kappa shape index (κ3) is 3.52. The van der Waals surface area contributed by atoms with Crippen molar-refractivity contribution in [3.63, 3.8) is 0 Å². The van der Waals surface area contributed by atoms with Gasteiger partial charge in [-0.3, -0.25) is 19.7 Å². The number of aromatic nitrogens is 1. The second kappa shape index (κ2) is 7.78. The van der Waals surface area contributed by atoms with Crippen molar-refractivity contribution in [3.8, 4) is 11.5 Å². The number of nitro groups is 1. The minimum atomic E-state index is -2.21. The topological polar surface area (TPSA) is 160 Å². The van der Waals surface area contributed by atoms with E-state index >= 15 is 0 Å². The lowest BCUT2D eigenvalue weighted by Crippen LogP contribution is -2.70. The van der Waals surface area contributed by atoms with Gasteiger partial charge in [-0.2, -0.15) is 0 Å². The fourth-order valence-electron chi connectivity index (χ4n) is 4.28. The summed E-state index contributed by atoms with van der Waals surface area (Å²) in [5, 5.41) is 42.2. The highest BCUT2D eigenvalue weighted by molar-refractivity contribution is 5.99. The van der Waals surface area contributed by atoms with E-state index < -0.39 is 34.3 Å². The van der Waals surface area contributed by atoms with E-state index in [-0.39, 0.29) is 24.3 Å². The average Bonchev–Trinajstić information content (AvgIpc) is 3.20. The molecular formula is C22H22N4O7. The molecule has 1 aromatic heterocycles. The van der Waals surface area contributed by atoms with Gasteiger partial charge in [-0.25, -0.2) is 0 Å². The van der Waals surface area contributed by atoms with Crippen LogP contribution in [0.2, 0.25) is 0 Å². The molecule has 0 bridgehead atoms. The van der Waals surface area contributed by atoms with Crippen LogP contribution in [0.25, 0.3) is 10.9 Å². The van der Waals surface area contributed by atoms with Crippen LogP contribution in [0.3, 0.4) is 0 Å². The number of non-ortho nitro benzene ring substituents is 1. The van der Waals surface area contributed by atoms with Crippen molar-refractivity contribution in [2.45, 2.75) is 24.6 Å². The second-order valence-corrected chi connectivity index (χ2v) is 8.12. The molecule has 3 aromatic rings. The Balaban J connectivity index is 1.66. The summed E-state index contributed by atoms with van der Waals surface area (Å²) in [4.78, 5) is 42.4. The van der Waals surface area contributed by atoms with Gasteiger partial charge in [0.05, 0.1) is 15.8 Å². The van der Waals surface area contributed by atoms with Crippen LogP contribution in [0.1, 0.15) is 11.1 Å². The number of H-pyrrole nitrogens is 1. The molecule has 2 unspecified atom stereocenters. The third-order valence-corrected chi connectivity index (χ3v) is 6.17. The first kappa shape index (κ1) is 22.1. The standard InChI is InChI=1S/C22H22N4O7/c1-24-16(9-13-11-23-14-4-3-5-15(19(13)14)26(32)33)20(29)25(2)22(31,21(24)30)10-12-6-7-17(27)18(28)8-12/h3-8,11,16,23,27-28,31H,9-10H2,1-2H3. The number of carbonyl (C=O) groups excluding carboxylic acids is 2. The van der Waals surface area contributed by atoms with E-state index in [9.17, 15) is 35.0 Å². The maximum absolute atomic E-state index is 13.2. The lowest BCUT2D eigenvalue weighted by molar-refractivity contribution is -0.383. The molecule has 11 heteroatoms. The lowest BCUT2D eigenvalue weighted by Gasteiger charge is -2.47. The predicted molar refractivity (Wildman–Crippen MR) is 116 cm³/mol.